The van der Waals surface area contributed by atoms with Crippen molar-refractivity contribution in [1.29, 1.82) is 0 Å². The third-order valence-electron chi connectivity index (χ3n) is 2.86. The van der Waals surface area contributed by atoms with Crippen LogP contribution in [0.2, 0.25) is 0 Å². The van der Waals surface area contributed by atoms with Gasteiger partial charge in [0.1, 0.15) is 5.76 Å². The highest BCUT2D eigenvalue weighted by atomic mass is 32.1. The molecule has 7 heteroatoms. The highest BCUT2D eigenvalue weighted by Crippen LogP contribution is 2.09. The average Bonchev–Trinajstić information content (AvgIpc) is 2.97. The van der Waals surface area contributed by atoms with E-state index in [2.05, 4.69) is 33.6 Å². The molecule has 1 aromatic heterocycles. The minimum absolute atomic E-state index is 0.301. The first-order valence-corrected chi connectivity index (χ1v) is 7.35. The van der Waals surface area contributed by atoms with E-state index in [-0.39, 0.29) is 0 Å². The summed E-state index contributed by atoms with van der Waals surface area (Å²) in [5, 5.41) is 7.21. The van der Waals surface area contributed by atoms with E-state index in [0.29, 0.717) is 22.8 Å². The molecule has 20 heavy (non-hydrogen) atoms. The topological polar surface area (TPSA) is 61.3 Å². The molecule has 0 fully saturated rings. The molecular weight excluding hydrogens is 292 g/mol. The number of nitrogens with one attached hydrogen (secondary N) is 4. The predicted molar refractivity (Wildman–Crippen MR) is 86.9 cm³/mol. The van der Waals surface area contributed by atoms with Gasteiger partial charge >= 0.3 is 0 Å². The maximum absolute atomic E-state index is 5.19. The van der Waals surface area contributed by atoms with Crippen molar-refractivity contribution in [3.05, 3.63) is 36.3 Å². The molecule has 1 aliphatic rings. The molecule has 0 aromatic carbocycles. The highest BCUT2D eigenvalue weighted by molar-refractivity contribution is 7.80. The van der Waals surface area contributed by atoms with E-state index in [1.165, 1.54) is 6.42 Å². The standard InChI is InChI=1S/C13H18N4OS2/c19-12(14-9-11-7-4-8-18-11)16-17-13(20)15-10-5-2-1-3-6-10/h2,4-5,7-8,10H,1,3,6,9H2,(H2,14,16,19)(H2,15,17,20)/t10-/m0/s1. The first-order valence-electron chi connectivity index (χ1n) is 6.53. The van der Waals surface area contributed by atoms with E-state index in [0.717, 1.165) is 18.6 Å². The summed E-state index contributed by atoms with van der Waals surface area (Å²) in [6.45, 7) is 0.534. The van der Waals surface area contributed by atoms with E-state index in [1.54, 1.807) is 6.26 Å². The van der Waals surface area contributed by atoms with Crippen LogP contribution in [0, 0.1) is 0 Å². The Morgan fingerprint density at radius 3 is 2.85 bits per heavy atom. The number of hydrogen-bond donors (Lipinski definition) is 4. The summed E-state index contributed by atoms with van der Waals surface area (Å²) < 4.78 is 5.19. The molecule has 0 amide bonds. The van der Waals surface area contributed by atoms with Crippen LogP contribution in [0.4, 0.5) is 0 Å². The summed E-state index contributed by atoms with van der Waals surface area (Å²) >= 11 is 10.3. The SMILES string of the molecule is S=C(NCc1ccco1)NNC(=S)N[C@H]1C=CCCC1. The van der Waals surface area contributed by atoms with E-state index in [4.69, 9.17) is 28.9 Å². The van der Waals surface area contributed by atoms with Gasteiger partial charge < -0.3 is 15.1 Å². The molecule has 4 N–H and O–H groups in total. The summed E-state index contributed by atoms with van der Waals surface area (Å²) in [5.41, 5.74) is 5.70. The van der Waals surface area contributed by atoms with Crippen molar-refractivity contribution >= 4 is 34.7 Å². The smallest absolute Gasteiger partial charge is 0.185 e. The quantitative estimate of drug-likeness (QED) is 0.385. The fourth-order valence-corrected chi connectivity index (χ4v) is 2.20. The van der Waals surface area contributed by atoms with Crippen molar-refractivity contribution in [3.8, 4) is 0 Å². The molecule has 0 spiro atoms. The normalized spacial score (nSPS) is 17.3. The Kier molecular flexibility index (Phi) is 5.82. The lowest BCUT2D eigenvalue weighted by Gasteiger charge is -2.20. The molecule has 5 nitrogen and oxygen atoms in total. The minimum atomic E-state index is 0.301. The van der Waals surface area contributed by atoms with Crippen LogP contribution >= 0.6 is 24.4 Å². The van der Waals surface area contributed by atoms with Crippen LogP contribution in [0.25, 0.3) is 0 Å². The zero-order valence-electron chi connectivity index (χ0n) is 11.0. The molecular formula is C13H18N4OS2. The van der Waals surface area contributed by atoms with E-state index in [9.17, 15) is 0 Å². The van der Waals surface area contributed by atoms with Crippen LogP contribution in [0.15, 0.2) is 35.0 Å². The Labute approximate surface area is 129 Å². The Morgan fingerprint density at radius 2 is 2.15 bits per heavy atom. The second-order valence-corrected chi connectivity index (χ2v) is 5.27. The molecule has 0 aliphatic heterocycles. The van der Waals surface area contributed by atoms with Gasteiger partial charge in [0.05, 0.1) is 12.8 Å². The Hall–Kier alpha value is -1.60. The van der Waals surface area contributed by atoms with Crippen molar-refractivity contribution in [1.82, 2.24) is 21.5 Å². The van der Waals surface area contributed by atoms with Crippen molar-refractivity contribution in [2.45, 2.75) is 31.8 Å². The van der Waals surface area contributed by atoms with Gasteiger partial charge in [-0.25, -0.2) is 0 Å². The van der Waals surface area contributed by atoms with Gasteiger partial charge in [-0.05, 0) is 55.8 Å². The zero-order chi connectivity index (χ0) is 14.2. The summed E-state index contributed by atoms with van der Waals surface area (Å²) in [6, 6.07) is 4.02. The molecule has 1 atom stereocenters. The summed E-state index contributed by atoms with van der Waals surface area (Å²) in [7, 11) is 0. The second-order valence-electron chi connectivity index (χ2n) is 4.45. The lowest BCUT2D eigenvalue weighted by Crippen LogP contribution is -2.52. The second kappa shape index (κ2) is 7.86. The number of thiocarbonyl (C=S) groups is 2. The number of allylic oxidation sites excluding steroid dienone is 1. The number of hydrogen-bond acceptors (Lipinski definition) is 3. The molecule has 0 saturated heterocycles. The average molecular weight is 310 g/mol. The fourth-order valence-electron chi connectivity index (χ4n) is 1.88. The van der Waals surface area contributed by atoms with Crippen LogP contribution in [-0.2, 0) is 6.54 Å². The summed E-state index contributed by atoms with van der Waals surface area (Å²) in [4.78, 5) is 0. The predicted octanol–water partition coefficient (Wildman–Crippen LogP) is 1.73. The summed E-state index contributed by atoms with van der Waals surface area (Å²) in [6.07, 6.45) is 9.38. The molecule has 0 saturated carbocycles. The molecule has 1 aliphatic carbocycles. The number of furan rings is 1. The van der Waals surface area contributed by atoms with Crippen molar-refractivity contribution in [2.24, 2.45) is 0 Å². The van der Waals surface area contributed by atoms with Gasteiger partial charge in [-0.3, -0.25) is 10.9 Å². The molecule has 0 radical (unpaired) electrons. The Bertz CT molecular complexity index is 473. The molecule has 0 unspecified atom stereocenters. The van der Waals surface area contributed by atoms with Crippen LogP contribution in [0.1, 0.15) is 25.0 Å². The first-order chi connectivity index (χ1) is 9.74. The van der Waals surface area contributed by atoms with Gasteiger partial charge in [-0.15, -0.1) is 0 Å². The van der Waals surface area contributed by atoms with Gasteiger partial charge in [0.2, 0.25) is 0 Å². The van der Waals surface area contributed by atoms with Crippen molar-refractivity contribution in [3.63, 3.8) is 0 Å². The molecule has 0 bridgehead atoms. The maximum atomic E-state index is 5.19. The minimum Gasteiger partial charge on any atom is -0.467 e. The van der Waals surface area contributed by atoms with Crippen molar-refractivity contribution in [2.75, 3.05) is 0 Å². The van der Waals surface area contributed by atoms with Gasteiger partial charge in [0, 0.05) is 6.04 Å². The molecule has 2 rings (SSSR count). The third kappa shape index (κ3) is 5.18. The lowest BCUT2D eigenvalue weighted by atomic mass is 10.0. The van der Waals surface area contributed by atoms with Crippen molar-refractivity contribution < 1.29 is 4.42 Å². The van der Waals surface area contributed by atoms with Gasteiger partial charge in [-0.1, -0.05) is 12.2 Å². The van der Waals surface area contributed by atoms with Gasteiger partial charge in [0.15, 0.2) is 10.2 Å². The van der Waals surface area contributed by atoms with E-state index in [1.807, 2.05) is 12.1 Å². The van der Waals surface area contributed by atoms with Gasteiger partial charge in [-0.2, -0.15) is 0 Å². The van der Waals surface area contributed by atoms with E-state index < -0.39 is 0 Å². The third-order valence-corrected chi connectivity index (χ3v) is 3.33. The highest BCUT2D eigenvalue weighted by Gasteiger charge is 2.09. The Balaban J connectivity index is 1.61. The molecule has 1 heterocycles. The van der Waals surface area contributed by atoms with Crippen LogP contribution < -0.4 is 21.5 Å². The zero-order valence-corrected chi connectivity index (χ0v) is 12.7. The molecule has 108 valence electrons. The largest absolute Gasteiger partial charge is 0.467 e. The number of rotatable bonds is 3. The molecule has 1 aromatic rings. The van der Waals surface area contributed by atoms with Crippen LogP contribution in [0.5, 0.6) is 0 Å². The number of hydrazine groups is 1. The van der Waals surface area contributed by atoms with E-state index >= 15 is 0 Å². The Morgan fingerprint density at radius 1 is 1.30 bits per heavy atom. The first kappa shape index (κ1) is 14.8. The summed E-state index contributed by atoms with van der Waals surface area (Å²) in [5.74, 6) is 0.821. The van der Waals surface area contributed by atoms with Crippen LogP contribution in [0.3, 0.4) is 0 Å². The van der Waals surface area contributed by atoms with Crippen LogP contribution in [-0.4, -0.2) is 16.3 Å². The monoisotopic (exact) mass is 310 g/mol. The lowest BCUT2D eigenvalue weighted by molar-refractivity contribution is 0.502. The maximum Gasteiger partial charge on any atom is 0.185 e. The van der Waals surface area contributed by atoms with Gasteiger partial charge in [0.25, 0.3) is 0 Å². The fraction of sp³-hybridized carbons (Fsp3) is 0.385.